The van der Waals surface area contributed by atoms with Gasteiger partial charge in [-0.05, 0) is 37.2 Å². The van der Waals surface area contributed by atoms with Gasteiger partial charge in [0.05, 0.1) is 5.69 Å². The number of rotatable bonds is 1. The normalized spacial score (nSPS) is 14.8. The molecule has 2 aromatic heterocycles. The van der Waals surface area contributed by atoms with Crippen LogP contribution in [0.5, 0.6) is 5.75 Å². The summed E-state index contributed by atoms with van der Waals surface area (Å²) < 4.78 is 0. The summed E-state index contributed by atoms with van der Waals surface area (Å²) in [6, 6.07) is 8.94. The Balaban J connectivity index is 1.97. The molecule has 6 heteroatoms. The fourth-order valence-electron chi connectivity index (χ4n) is 3.12. The molecule has 2 N–H and O–H groups in total. The van der Waals surface area contributed by atoms with Crippen molar-refractivity contribution in [2.24, 2.45) is 0 Å². The minimum Gasteiger partial charge on any atom is -0.507 e. The summed E-state index contributed by atoms with van der Waals surface area (Å²) in [4.78, 5) is 17.2. The summed E-state index contributed by atoms with van der Waals surface area (Å²) in [7, 11) is 2.00. The smallest absolute Gasteiger partial charge is 0.254 e. The Kier molecular flexibility index (Phi) is 3.12. The molecule has 3 aromatic rings. The van der Waals surface area contributed by atoms with Gasteiger partial charge in [0, 0.05) is 29.6 Å². The van der Waals surface area contributed by atoms with Crippen LogP contribution in [0.25, 0.3) is 22.3 Å². The summed E-state index contributed by atoms with van der Waals surface area (Å²) in [5.41, 5.74) is 3.47. The molecule has 0 radical (unpaired) electrons. The summed E-state index contributed by atoms with van der Waals surface area (Å²) >= 11 is 0. The second-order valence-electron chi connectivity index (χ2n) is 5.91. The molecular weight excluding hydrogens is 292 g/mol. The maximum Gasteiger partial charge on any atom is 0.254 e. The van der Waals surface area contributed by atoms with E-state index in [2.05, 4.69) is 20.1 Å². The van der Waals surface area contributed by atoms with Crippen molar-refractivity contribution < 1.29 is 5.11 Å². The molecule has 4 rings (SSSR count). The van der Waals surface area contributed by atoms with E-state index < -0.39 is 0 Å². The number of aromatic nitrogens is 3. The average Bonchev–Trinajstić information content (AvgIpc) is 2.55. The average molecular weight is 308 g/mol. The number of H-pyrrole nitrogens is 1. The Morgan fingerprint density at radius 3 is 2.87 bits per heavy atom. The fourth-order valence-corrected chi connectivity index (χ4v) is 3.12. The minimum atomic E-state index is -0.0938. The van der Waals surface area contributed by atoms with Gasteiger partial charge in [-0.25, -0.2) is 0 Å². The number of hydrogen-bond donors (Lipinski definition) is 2. The molecule has 0 unspecified atom stereocenters. The quantitative estimate of drug-likeness (QED) is 0.715. The zero-order valence-corrected chi connectivity index (χ0v) is 12.7. The number of phenolic OH excluding ortho intramolecular Hbond substituents is 1. The van der Waals surface area contributed by atoms with Crippen LogP contribution in [0.4, 0.5) is 0 Å². The zero-order valence-electron chi connectivity index (χ0n) is 12.7. The molecule has 0 amide bonds. The third kappa shape index (κ3) is 2.27. The topological polar surface area (TPSA) is 82.1 Å². The Labute approximate surface area is 132 Å². The monoisotopic (exact) mass is 308 g/mol. The number of nitrogens with zero attached hydrogens (tertiary/aromatic N) is 3. The standard InChI is InChI=1S/C17H16N4O2/c1-21-7-6-10-12-8-14(11-4-2-3-5-15(11)22)19-20-16(12)18-17(23)13(10)9-21/h2-5,8,22H,6-7,9H2,1H3,(H,18,20,23). The van der Waals surface area contributed by atoms with E-state index in [4.69, 9.17) is 0 Å². The lowest BCUT2D eigenvalue weighted by atomic mass is 9.97. The zero-order chi connectivity index (χ0) is 16.0. The van der Waals surface area contributed by atoms with Crippen molar-refractivity contribution in [3.63, 3.8) is 0 Å². The van der Waals surface area contributed by atoms with Crippen LogP contribution >= 0.6 is 0 Å². The highest BCUT2D eigenvalue weighted by Gasteiger charge is 2.20. The van der Waals surface area contributed by atoms with E-state index in [1.54, 1.807) is 18.2 Å². The van der Waals surface area contributed by atoms with Gasteiger partial charge in [0.2, 0.25) is 0 Å². The van der Waals surface area contributed by atoms with Gasteiger partial charge in [-0.3, -0.25) is 4.79 Å². The summed E-state index contributed by atoms with van der Waals surface area (Å²) in [5.74, 6) is 0.166. The molecule has 0 fully saturated rings. The first-order valence-electron chi connectivity index (χ1n) is 7.52. The molecule has 116 valence electrons. The first-order chi connectivity index (χ1) is 11.1. The number of para-hydroxylation sites is 1. The number of fused-ring (bicyclic) bond motifs is 3. The van der Waals surface area contributed by atoms with E-state index in [0.29, 0.717) is 23.4 Å². The van der Waals surface area contributed by atoms with Gasteiger partial charge in [0.1, 0.15) is 5.75 Å². The highest BCUT2D eigenvalue weighted by Crippen LogP contribution is 2.30. The SMILES string of the molecule is CN1CCc2c(c(=O)[nH]c3nnc(-c4ccccc4O)cc23)C1. The molecule has 1 aliphatic rings. The molecule has 1 aromatic carbocycles. The molecule has 0 bridgehead atoms. The maximum absolute atomic E-state index is 12.2. The van der Waals surface area contributed by atoms with Gasteiger partial charge in [0.25, 0.3) is 5.56 Å². The minimum absolute atomic E-state index is 0.0938. The fraction of sp³-hybridized carbons (Fsp3) is 0.235. The molecule has 0 saturated carbocycles. The number of phenols is 1. The third-order valence-corrected chi connectivity index (χ3v) is 4.34. The predicted octanol–water partition coefficient (Wildman–Crippen LogP) is 1.68. The maximum atomic E-state index is 12.2. The third-order valence-electron chi connectivity index (χ3n) is 4.34. The van der Waals surface area contributed by atoms with Gasteiger partial charge in [-0.15, -0.1) is 10.2 Å². The molecule has 6 nitrogen and oxygen atoms in total. The molecule has 23 heavy (non-hydrogen) atoms. The summed E-state index contributed by atoms with van der Waals surface area (Å²) in [5, 5.41) is 19.2. The van der Waals surface area contributed by atoms with E-state index in [1.165, 1.54) is 0 Å². The Morgan fingerprint density at radius 2 is 2.04 bits per heavy atom. The summed E-state index contributed by atoms with van der Waals surface area (Å²) in [6.07, 6.45) is 0.804. The van der Waals surface area contributed by atoms with Crippen molar-refractivity contribution in [2.75, 3.05) is 13.6 Å². The van der Waals surface area contributed by atoms with Crippen molar-refractivity contribution >= 4 is 11.0 Å². The van der Waals surface area contributed by atoms with Crippen molar-refractivity contribution in [3.8, 4) is 17.0 Å². The number of aromatic amines is 1. The first kappa shape index (κ1) is 13.9. The van der Waals surface area contributed by atoms with E-state index in [9.17, 15) is 9.90 Å². The number of aromatic hydroxyl groups is 1. The lowest BCUT2D eigenvalue weighted by Gasteiger charge is -2.25. The molecule has 1 aliphatic heterocycles. The van der Waals surface area contributed by atoms with Crippen LogP contribution in [0, 0.1) is 0 Å². The molecule has 0 spiro atoms. The molecule has 0 saturated heterocycles. The van der Waals surface area contributed by atoms with Crippen LogP contribution in [-0.2, 0) is 13.0 Å². The van der Waals surface area contributed by atoms with E-state index >= 15 is 0 Å². The molecule has 0 aliphatic carbocycles. The second-order valence-corrected chi connectivity index (χ2v) is 5.91. The van der Waals surface area contributed by atoms with Gasteiger partial charge in [0.15, 0.2) is 5.65 Å². The van der Waals surface area contributed by atoms with Crippen molar-refractivity contribution in [3.05, 3.63) is 51.8 Å². The first-order valence-corrected chi connectivity index (χ1v) is 7.52. The van der Waals surface area contributed by atoms with Crippen molar-refractivity contribution in [1.82, 2.24) is 20.1 Å². The largest absolute Gasteiger partial charge is 0.507 e. The van der Waals surface area contributed by atoms with Crippen LogP contribution in [0.15, 0.2) is 35.1 Å². The summed E-state index contributed by atoms with van der Waals surface area (Å²) in [6.45, 7) is 1.54. The van der Waals surface area contributed by atoms with Gasteiger partial charge >= 0.3 is 0 Å². The van der Waals surface area contributed by atoms with Crippen molar-refractivity contribution in [1.29, 1.82) is 0 Å². The lowest BCUT2D eigenvalue weighted by Crippen LogP contribution is -2.32. The van der Waals surface area contributed by atoms with Crippen LogP contribution in [0.3, 0.4) is 0 Å². The number of hydrogen-bond acceptors (Lipinski definition) is 5. The van der Waals surface area contributed by atoms with E-state index in [1.807, 2.05) is 19.2 Å². The van der Waals surface area contributed by atoms with E-state index in [-0.39, 0.29) is 11.3 Å². The molecule has 3 heterocycles. The predicted molar refractivity (Wildman–Crippen MR) is 87.3 cm³/mol. The van der Waals surface area contributed by atoms with Crippen LogP contribution in [-0.4, -0.2) is 38.8 Å². The molecular formula is C17H16N4O2. The second kappa shape index (κ2) is 5.17. The highest BCUT2D eigenvalue weighted by atomic mass is 16.3. The molecule has 0 atom stereocenters. The van der Waals surface area contributed by atoms with E-state index in [0.717, 1.165) is 29.5 Å². The highest BCUT2D eigenvalue weighted by molar-refractivity contribution is 5.84. The number of benzene rings is 1. The number of pyridine rings is 1. The van der Waals surface area contributed by atoms with Crippen LogP contribution in [0.1, 0.15) is 11.1 Å². The van der Waals surface area contributed by atoms with Gasteiger partial charge < -0.3 is 15.0 Å². The Hall–Kier alpha value is -2.73. The number of nitrogens with one attached hydrogen (secondary N) is 1. The van der Waals surface area contributed by atoms with Gasteiger partial charge in [-0.1, -0.05) is 12.1 Å². The van der Waals surface area contributed by atoms with Crippen LogP contribution in [0.2, 0.25) is 0 Å². The Bertz CT molecular complexity index is 964. The number of likely N-dealkylation sites (N-methyl/N-ethyl adjacent to an activating group) is 1. The van der Waals surface area contributed by atoms with Gasteiger partial charge in [-0.2, -0.15) is 0 Å². The Morgan fingerprint density at radius 1 is 1.22 bits per heavy atom. The van der Waals surface area contributed by atoms with Crippen LogP contribution < -0.4 is 5.56 Å². The van der Waals surface area contributed by atoms with Crippen molar-refractivity contribution in [2.45, 2.75) is 13.0 Å². The lowest BCUT2D eigenvalue weighted by molar-refractivity contribution is 0.312.